The number of phosphoric acid groups is 1. The van der Waals surface area contributed by atoms with Gasteiger partial charge in [0.05, 0.1) is 13.2 Å². The van der Waals surface area contributed by atoms with Crippen molar-refractivity contribution in [3.8, 4) is 11.5 Å². The maximum Gasteiger partial charge on any atom is 0.530 e. The maximum absolute atomic E-state index is 14.1. The predicted octanol–water partition coefficient (Wildman–Crippen LogP) is 8.11. The molecule has 0 radical (unpaired) electrons. The van der Waals surface area contributed by atoms with E-state index in [9.17, 15) is 19.3 Å². The fourth-order valence-corrected chi connectivity index (χ4v) is 5.80. The second-order valence-electron chi connectivity index (χ2n) is 10.9. The zero-order valence-electron chi connectivity index (χ0n) is 26.6. The summed E-state index contributed by atoms with van der Waals surface area (Å²) in [7, 11) is -4.25. The molecule has 0 saturated carbocycles. The first kappa shape index (κ1) is 34.9. The van der Waals surface area contributed by atoms with Crippen LogP contribution in [-0.2, 0) is 56.0 Å². The first-order valence-electron chi connectivity index (χ1n) is 15.5. The summed E-state index contributed by atoms with van der Waals surface area (Å²) in [6.45, 7) is 0.0312. The number of carboxylic acids is 1. The van der Waals surface area contributed by atoms with Gasteiger partial charge in [0, 0.05) is 6.42 Å². The minimum absolute atomic E-state index is 0.0126. The van der Waals surface area contributed by atoms with Gasteiger partial charge in [-0.3, -0.25) is 9.05 Å². The minimum Gasteiger partial charge on any atom is -0.485 e. The number of benzene rings is 5. The molecule has 11 heteroatoms. The van der Waals surface area contributed by atoms with E-state index < -0.39 is 25.9 Å². The third kappa shape index (κ3) is 11.4. The number of ether oxygens (including phenoxy) is 2. The Bertz CT molecular complexity index is 1780. The van der Waals surface area contributed by atoms with Crippen molar-refractivity contribution in [1.29, 1.82) is 0 Å². The molecule has 0 saturated heterocycles. The highest BCUT2D eigenvalue weighted by molar-refractivity contribution is 7.48. The first-order chi connectivity index (χ1) is 23.8. The number of carbonyl (C=O) groups excluding carboxylic acids is 1. The number of phosphoric ester groups is 1. The average Bonchev–Trinajstić information content (AvgIpc) is 3.14. The molecule has 1 unspecified atom stereocenters. The summed E-state index contributed by atoms with van der Waals surface area (Å²) in [6, 6.07) is 40.2. The van der Waals surface area contributed by atoms with Crippen LogP contribution in [0, 0.1) is 0 Å². The molecule has 2 N–H and O–H groups in total. The molecule has 0 spiro atoms. The van der Waals surface area contributed by atoms with Crippen molar-refractivity contribution in [3.05, 3.63) is 167 Å². The molecule has 252 valence electrons. The summed E-state index contributed by atoms with van der Waals surface area (Å²) in [5.74, 6) is -1.02. The number of amides is 1. The maximum atomic E-state index is 14.1. The largest absolute Gasteiger partial charge is 0.530 e. The van der Waals surface area contributed by atoms with Gasteiger partial charge in [0.1, 0.15) is 19.3 Å². The third-order valence-electron chi connectivity index (χ3n) is 7.16. The molecule has 0 bridgehead atoms. The summed E-state index contributed by atoms with van der Waals surface area (Å²) in [5, 5.41) is 12.3. The van der Waals surface area contributed by atoms with Crippen molar-refractivity contribution in [3.63, 3.8) is 0 Å². The Morgan fingerprint density at radius 1 is 0.592 bits per heavy atom. The van der Waals surface area contributed by atoms with Gasteiger partial charge in [0.15, 0.2) is 11.5 Å². The minimum atomic E-state index is -4.25. The Labute approximate surface area is 284 Å². The lowest BCUT2D eigenvalue weighted by atomic mass is 10.1. The van der Waals surface area contributed by atoms with Crippen molar-refractivity contribution < 1.29 is 42.3 Å². The average molecular weight is 682 g/mol. The Kier molecular flexibility index (Phi) is 12.6. The number of hydrogen-bond acceptors (Lipinski definition) is 8. The summed E-state index contributed by atoms with van der Waals surface area (Å²) >= 11 is 0. The lowest BCUT2D eigenvalue weighted by Crippen LogP contribution is -2.42. The first-order valence-corrected chi connectivity index (χ1v) is 17.0. The Hall–Kier alpha value is -5.41. The molecule has 5 rings (SSSR count). The molecule has 0 fully saturated rings. The zero-order chi connectivity index (χ0) is 34.3. The predicted molar refractivity (Wildman–Crippen MR) is 183 cm³/mol. The van der Waals surface area contributed by atoms with Gasteiger partial charge in [-0.15, -0.1) is 0 Å². The lowest BCUT2D eigenvalue weighted by molar-refractivity contribution is -0.139. The Balaban J connectivity index is 1.36. The van der Waals surface area contributed by atoms with E-state index in [2.05, 4.69) is 5.32 Å². The molecule has 1 amide bonds. The van der Waals surface area contributed by atoms with Crippen molar-refractivity contribution in [2.45, 2.75) is 38.9 Å². The van der Waals surface area contributed by atoms with Gasteiger partial charge in [-0.05, 0) is 39.9 Å². The summed E-state index contributed by atoms with van der Waals surface area (Å²) in [6.07, 6.45) is -0.978. The van der Waals surface area contributed by atoms with Gasteiger partial charge in [0.2, 0.25) is 0 Å². The van der Waals surface area contributed by atoms with Gasteiger partial charge in [-0.2, -0.15) is 0 Å². The zero-order valence-corrected chi connectivity index (χ0v) is 27.4. The van der Waals surface area contributed by atoms with Crippen molar-refractivity contribution in [2.24, 2.45) is 0 Å². The van der Waals surface area contributed by atoms with Crippen LogP contribution in [0.4, 0.5) is 4.79 Å². The molecule has 10 nitrogen and oxygen atoms in total. The fourth-order valence-electron chi connectivity index (χ4n) is 4.61. The number of nitrogens with one attached hydrogen (secondary N) is 1. The topological polar surface area (TPSA) is 130 Å². The number of carbonyl (C=O) groups is 2. The SMILES string of the molecule is O=C(NC(Cc1ccc(OP(=O)(OCc2ccccc2)OCc2ccccc2)c(OCc2ccccc2)c1)C(=O)O)OCc1ccccc1. The van der Waals surface area contributed by atoms with E-state index in [1.54, 1.807) is 24.3 Å². The molecule has 0 heterocycles. The van der Waals surface area contributed by atoms with Crippen LogP contribution in [0.2, 0.25) is 0 Å². The van der Waals surface area contributed by atoms with Gasteiger partial charge < -0.3 is 24.4 Å². The standard InChI is InChI=1S/C38H36NO9P/c40-37(41)34(39-38(42)45-26-30-15-7-2-8-16-30)23-33-21-22-35(36(24-33)44-25-29-13-5-1-6-14-29)48-49(43,46-27-31-17-9-3-10-18-31)47-28-32-19-11-4-12-20-32/h1-22,24,34H,23,25-28H2,(H,39,42)(H,40,41). The van der Waals surface area contributed by atoms with Crippen LogP contribution in [0.15, 0.2) is 140 Å². The quantitative estimate of drug-likeness (QED) is 0.0935. The Morgan fingerprint density at radius 3 is 1.55 bits per heavy atom. The second-order valence-corrected chi connectivity index (χ2v) is 12.5. The molecule has 5 aromatic carbocycles. The van der Waals surface area contributed by atoms with Crippen LogP contribution < -0.4 is 14.6 Å². The molecule has 5 aromatic rings. The van der Waals surface area contributed by atoms with Gasteiger partial charge in [-0.1, -0.05) is 127 Å². The highest BCUT2D eigenvalue weighted by atomic mass is 31.2. The highest BCUT2D eigenvalue weighted by Gasteiger charge is 2.31. The van der Waals surface area contributed by atoms with E-state index in [4.69, 9.17) is 23.0 Å². The molecule has 0 aliphatic rings. The molecule has 0 aromatic heterocycles. The molecule has 0 aliphatic heterocycles. The van der Waals surface area contributed by atoms with Crippen LogP contribution in [0.3, 0.4) is 0 Å². The number of hydrogen-bond donors (Lipinski definition) is 2. The van der Waals surface area contributed by atoms with Crippen molar-refractivity contribution in [2.75, 3.05) is 0 Å². The molecular formula is C38H36NO9P. The fraction of sp³-hybridized carbons (Fsp3) is 0.158. The molecule has 0 aliphatic carbocycles. The summed E-state index contributed by atoms with van der Waals surface area (Å²) < 4.78 is 43.1. The van der Waals surface area contributed by atoms with Crippen LogP contribution in [0.25, 0.3) is 0 Å². The van der Waals surface area contributed by atoms with Crippen LogP contribution in [0.1, 0.15) is 27.8 Å². The molecular weight excluding hydrogens is 645 g/mol. The molecule has 1 atom stereocenters. The lowest BCUT2D eigenvalue weighted by Gasteiger charge is -2.21. The summed E-state index contributed by atoms with van der Waals surface area (Å²) in [5.41, 5.74) is 3.64. The number of carboxylic acid groups (broad SMARTS) is 1. The van der Waals surface area contributed by atoms with E-state index in [0.717, 1.165) is 22.3 Å². The van der Waals surface area contributed by atoms with E-state index in [0.29, 0.717) is 5.56 Å². The van der Waals surface area contributed by atoms with Crippen molar-refractivity contribution in [1.82, 2.24) is 5.32 Å². The Morgan fingerprint density at radius 2 is 1.06 bits per heavy atom. The number of rotatable bonds is 17. The van der Waals surface area contributed by atoms with E-state index >= 15 is 0 Å². The third-order valence-corrected chi connectivity index (χ3v) is 8.47. The smallest absolute Gasteiger partial charge is 0.485 e. The normalized spacial score (nSPS) is 11.7. The van der Waals surface area contributed by atoms with Crippen LogP contribution in [-0.4, -0.2) is 23.2 Å². The monoisotopic (exact) mass is 681 g/mol. The molecule has 49 heavy (non-hydrogen) atoms. The van der Waals surface area contributed by atoms with E-state index in [1.807, 2.05) is 109 Å². The number of alkyl carbamates (subject to hydrolysis) is 1. The van der Waals surface area contributed by atoms with Gasteiger partial charge in [-0.25, -0.2) is 14.2 Å². The number of aliphatic carboxylic acids is 1. The second kappa shape index (κ2) is 17.7. The highest BCUT2D eigenvalue weighted by Crippen LogP contribution is 2.53. The van der Waals surface area contributed by atoms with Crippen LogP contribution >= 0.6 is 7.82 Å². The van der Waals surface area contributed by atoms with Crippen LogP contribution in [0.5, 0.6) is 11.5 Å². The van der Waals surface area contributed by atoms with Gasteiger partial charge in [0.25, 0.3) is 0 Å². The van der Waals surface area contributed by atoms with E-state index in [1.165, 1.54) is 6.07 Å². The van der Waals surface area contributed by atoms with Gasteiger partial charge >= 0.3 is 19.9 Å². The van der Waals surface area contributed by atoms with Crippen molar-refractivity contribution >= 4 is 19.9 Å². The van der Waals surface area contributed by atoms with E-state index in [-0.39, 0.29) is 44.3 Å². The summed E-state index contributed by atoms with van der Waals surface area (Å²) in [4.78, 5) is 24.6.